The highest BCUT2D eigenvalue weighted by Gasteiger charge is 2.21. The Morgan fingerprint density at radius 1 is 1.36 bits per heavy atom. The Labute approximate surface area is 78.3 Å². The molecule has 0 saturated carbocycles. The Balaban J connectivity index is 2.61. The lowest BCUT2D eigenvalue weighted by atomic mass is 10.1. The molecular formula is C8H5N3O3. The van der Waals surface area contributed by atoms with Crippen LogP contribution in [0.15, 0.2) is 40.1 Å². The third kappa shape index (κ3) is 1.22. The summed E-state index contributed by atoms with van der Waals surface area (Å²) in [5, 5.41) is 16.9. The smallest absolute Gasteiger partial charge is 0.359 e. The second kappa shape index (κ2) is 3.25. The summed E-state index contributed by atoms with van der Waals surface area (Å²) in [5.41, 5.74) is 0.568. The van der Waals surface area contributed by atoms with E-state index in [1.54, 1.807) is 30.3 Å². The van der Waals surface area contributed by atoms with Gasteiger partial charge in [0, 0.05) is 10.7 Å². The number of hydrogen-bond donors (Lipinski definition) is 0. The molecule has 2 rings (SSSR count). The Bertz CT molecular complexity index is 452. The van der Waals surface area contributed by atoms with Gasteiger partial charge in [-0.25, -0.2) is 0 Å². The first-order valence-corrected chi connectivity index (χ1v) is 3.81. The van der Waals surface area contributed by atoms with E-state index < -0.39 is 0 Å². The van der Waals surface area contributed by atoms with Gasteiger partial charge in [-0.05, 0) is 4.90 Å². The first kappa shape index (κ1) is 8.36. The molecule has 14 heavy (non-hydrogen) atoms. The fourth-order valence-corrected chi connectivity index (χ4v) is 1.13. The third-order valence-corrected chi connectivity index (χ3v) is 1.73. The highest BCUT2D eigenvalue weighted by Crippen LogP contribution is 2.23. The van der Waals surface area contributed by atoms with Gasteiger partial charge in [0.1, 0.15) is 0 Å². The van der Waals surface area contributed by atoms with Crippen molar-refractivity contribution in [3.8, 4) is 11.3 Å². The number of nitroso groups, excluding NO2 is 1. The number of rotatable bonds is 2. The van der Waals surface area contributed by atoms with Gasteiger partial charge in [-0.1, -0.05) is 30.3 Å². The van der Waals surface area contributed by atoms with Crippen LogP contribution in [0.25, 0.3) is 11.3 Å². The van der Waals surface area contributed by atoms with Gasteiger partial charge in [0.25, 0.3) is 5.69 Å². The Morgan fingerprint density at radius 3 is 2.71 bits per heavy atom. The molecule has 0 bridgehead atoms. The molecule has 0 fully saturated rings. The Hall–Kier alpha value is -2.24. The van der Waals surface area contributed by atoms with Gasteiger partial charge in [0.05, 0.1) is 5.16 Å². The van der Waals surface area contributed by atoms with Crippen molar-refractivity contribution in [3.63, 3.8) is 0 Å². The van der Waals surface area contributed by atoms with Crippen molar-refractivity contribution in [1.29, 1.82) is 0 Å². The molecule has 0 saturated heterocycles. The molecule has 6 nitrogen and oxygen atoms in total. The van der Waals surface area contributed by atoms with Crippen LogP contribution >= 0.6 is 0 Å². The molecule has 0 spiro atoms. The molecule has 0 aliphatic carbocycles. The standard InChI is InChI=1S/C8H5N3O3/c12-9-8-7(11(13)14-10-8)6-4-2-1-3-5-6/h1-5H. The maximum Gasteiger partial charge on any atom is 0.378 e. The van der Waals surface area contributed by atoms with E-state index >= 15 is 0 Å². The predicted molar refractivity (Wildman–Crippen MR) is 46.4 cm³/mol. The van der Waals surface area contributed by atoms with E-state index in [4.69, 9.17) is 0 Å². The SMILES string of the molecule is O=Nc1no[n+]([O-])c1-c1ccccc1. The fourth-order valence-electron chi connectivity index (χ4n) is 1.13. The zero-order valence-electron chi connectivity index (χ0n) is 6.95. The van der Waals surface area contributed by atoms with Crippen LogP contribution in [0, 0.1) is 10.1 Å². The zero-order chi connectivity index (χ0) is 9.97. The number of nitrogens with zero attached hydrogens (tertiary/aromatic N) is 3. The Morgan fingerprint density at radius 2 is 2.07 bits per heavy atom. The van der Waals surface area contributed by atoms with E-state index in [9.17, 15) is 10.1 Å². The van der Waals surface area contributed by atoms with Gasteiger partial charge in [-0.3, -0.25) is 4.63 Å². The fraction of sp³-hybridized carbons (Fsp3) is 0. The molecule has 6 heteroatoms. The van der Waals surface area contributed by atoms with Crippen LogP contribution in [0.2, 0.25) is 0 Å². The first-order valence-electron chi connectivity index (χ1n) is 3.81. The monoisotopic (exact) mass is 191 g/mol. The van der Waals surface area contributed by atoms with E-state index in [1.807, 2.05) is 0 Å². The van der Waals surface area contributed by atoms with Crippen LogP contribution in [0.4, 0.5) is 5.82 Å². The molecule has 1 aromatic carbocycles. The molecule has 0 aliphatic heterocycles. The minimum Gasteiger partial charge on any atom is -0.359 e. The second-order valence-corrected chi connectivity index (χ2v) is 2.56. The molecule has 0 N–H and O–H groups in total. The lowest BCUT2D eigenvalue weighted by Gasteiger charge is -1.94. The average Bonchev–Trinajstić information content (AvgIpc) is 2.61. The summed E-state index contributed by atoms with van der Waals surface area (Å²) in [4.78, 5) is 10.4. The topological polar surface area (TPSA) is 82.4 Å². The largest absolute Gasteiger partial charge is 0.378 e. The van der Waals surface area contributed by atoms with E-state index in [0.29, 0.717) is 5.56 Å². The number of aromatic nitrogens is 2. The summed E-state index contributed by atoms with van der Waals surface area (Å²) in [5.74, 6) is -0.244. The molecule has 0 atom stereocenters. The van der Waals surface area contributed by atoms with Crippen LogP contribution in [0.1, 0.15) is 0 Å². The van der Waals surface area contributed by atoms with Gasteiger partial charge < -0.3 is 5.21 Å². The van der Waals surface area contributed by atoms with Gasteiger partial charge in [-0.15, -0.1) is 4.91 Å². The van der Waals surface area contributed by atoms with Crippen LogP contribution in [0.3, 0.4) is 0 Å². The van der Waals surface area contributed by atoms with Crippen molar-refractivity contribution in [2.24, 2.45) is 5.18 Å². The quantitative estimate of drug-likeness (QED) is 0.530. The molecule has 1 heterocycles. The van der Waals surface area contributed by atoms with Gasteiger partial charge in [0.2, 0.25) is 0 Å². The van der Waals surface area contributed by atoms with Crippen LogP contribution in [0.5, 0.6) is 0 Å². The van der Waals surface area contributed by atoms with Crippen molar-refractivity contribution in [2.75, 3.05) is 0 Å². The summed E-state index contributed by atoms with van der Waals surface area (Å²) in [6, 6.07) is 8.58. The maximum absolute atomic E-state index is 11.1. The number of hydrogen-bond acceptors (Lipinski definition) is 5. The van der Waals surface area contributed by atoms with Crippen molar-refractivity contribution in [1.82, 2.24) is 5.16 Å². The summed E-state index contributed by atoms with van der Waals surface area (Å²) in [7, 11) is 0. The predicted octanol–water partition coefficient (Wildman–Crippen LogP) is 1.37. The van der Waals surface area contributed by atoms with Crippen molar-refractivity contribution >= 4 is 5.82 Å². The van der Waals surface area contributed by atoms with Crippen LogP contribution in [-0.4, -0.2) is 5.16 Å². The lowest BCUT2D eigenvalue weighted by molar-refractivity contribution is -0.793. The minimum atomic E-state index is -0.244. The number of benzene rings is 1. The van der Waals surface area contributed by atoms with E-state index in [1.165, 1.54) is 0 Å². The van der Waals surface area contributed by atoms with Gasteiger partial charge >= 0.3 is 5.82 Å². The van der Waals surface area contributed by atoms with Gasteiger partial charge in [-0.2, -0.15) is 0 Å². The van der Waals surface area contributed by atoms with Crippen molar-refractivity contribution in [3.05, 3.63) is 40.4 Å². The van der Waals surface area contributed by atoms with Crippen LogP contribution in [-0.2, 0) is 0 Å². The molecule has 0 unspecified atom stereocenters. The average molecular weight is 191 g/mol. The van der Waals surface area contributed by atoms with Gasteiger partial charge in [0.15, 0.2) is 0 Å². The second-order valence-electron chi connectivity index (χ2n) is 2.56. The van der Waals surface area contributed by atoms with E-state index in [-0.39, 0.29) is 16.4 Å². The minimum absolute atomic E-state index is 0.0283. The van der Waals surface area contributed by atoms with Crippen molar-refractivity contribution in [2.45, 2.75) is 0 Å². The van der Waals surface area contributed by atoms with E-state index in [2.05, 4.69) is 15.0 Å². The molecule has 70 valence electrons. The van der Waals surface area contributed by atoms with E-state index in [0.717, 1.165) is 0 Å². The molecule has 1 aromatic heterocycles. The molecule has 0 amide bonds. The zero-order valence-corrected chi connectivity index (χ0v) is 6.95. The Kier molecular flexibility index (Phi) is 1.94. The highest BCUT2D eigenvalue weighted by molar-refractivity contribution is 5.65. The molecular weight excluding hydrogens is 186 g/mol. The highest BCUT2D eigenvalue weighted by atomic mass is 16.8. The lowest BCUT2D eigenvalue weighted by Crippen LogP contribution is -2.24. The van der Waals surface area contributed by atoms with Crippen LogP contribution < -0.4 is 4.90 Å². The summed E-state index contributed by atoms with van der Waals surface area (Å²) < 4.78 is 4.26. The summed E-state index contributed by atoms with van der Waals surface area (Å²) >= 11 is 0. The maximum atomic E-state index is 11.1. The summed E-state index contributed by atoms with van der Waals surface area (Å²) in [6.07, 6.45) is 0. The molecule has 0 radical (unpaired) electrons. The van der Waals surface area contributed by atoms with Crippen molar-refractivity contribution < 1.29 is 9.53 Å². The first-order chi connectivity index (χ1) is 6.83. The summed E-state index contributed by atoms with van der Waals surface area (Å²) in [6.45, 7) is 0. The molecule has 0 aliphatic rings. The normalized spacial score (nSPS) is 10.0. The third-order valence-electron chi connectivity index (χ3n) is 1.73. The molecule has 2 aromatic rings.